The van der Waals surface area contributed by atoms with Gasteiger partial charge in [0.25, 0.3) is 0 Å². The molecule has 1 amide bonds. The molecular weight excluding hydrogens is 352 g/mol. The molecule has 0 spiro atoms. The number of likely N-dealkylation sites (tertiary alicyclic amines) is 1. The van der Waals surface area contributed by atoms with E-state index in [-0.39, 0.29) is 22.5 Å². The fourth-order valence-electron chi connectivity index (χ4n) is 3.24. The Morgan fingerprint density at radius 1 is 1.12 bits per heavy atom. The quantitative estimate of drug-likeness (QED) is 0.808. The van der Waals surface area contributed by atoms with Crippen LogP contribution in [0.1, 0.15) is 34.8 Å². The van der Waals surface area contributed by atoms with Crippen LogP contribution in [0.15, 0.2) is 48.5 Å². The van der Waals surface area contributed by atoms with Crippen molar-refractivity contribution in [1.29, 1.82) is 0 Å². The minimum Gasteiger partial charge on any atom is -0.465 e. The van der Waals surface area contributed by atoms with Gasteiger partial charge in [0.1, 0.15) is 6.04 Å². The van der Waals surface area contributed by atoms with Crippen molar-refractivity contribution in [1.82, 2.24) is 4.90 Å². The summed E-state index contributed by atoms with van der Waals surface area (Å²) in [7, 11) is 1.29. The first-order valence-corrected chi connectivity index (χ1v) is 8.95. The lowest BCUT2D eigenvalue weighted by molar-refractivity contribution is -0.121. The summed E-state index contributed by atoms with van der Waals surface area (Å²) in [5, 5.41) is 3.20. The van der Waals surface area contributed by atoms with E-state index in [1.54, 1.807) is 12.1 Å². The number of hydrogen-bond donors (Lipinski definition) is 1. The number of benzene rings is 2. The van der Waals surface area contributed by atoms with Gasteiger partial charge >= 0.3 is 5.97 Å². The molecule has 0 bridgehead atoms. The van der Waals surface area contributed by atoms with Gasteiger partial charge < -0.3 is 10.1 Å². The highest BCUT2D eigenvalue weighted by molar-refractivity contribution is 6.33. The van der Waals surface area contributed by atoms with Crippen LogP contribution in [0.5, 0.6) is 0 Å². The molecule has 1 fully saturated rings. The van der Waals surface area contributed by atoms with E-state index in [4.69, 9.17) is 16.3 Å². The first kappa shape index (κ1) is 18.4. The molecule has 3 rings (SSSR count). The average Bonchev–Trinajstić information content (AvgIpc) is 3.18. The molecule has 1 unspecified atom stereocenters. The van der Waals surface area contributed by atoms with Crippen LogP contribution >= 0.6 is 11.6 Å². The zero-order valence-corrected chi connectivity index (χ0v) is 15.3. The summed E-state index contributed by atoms with van der Waals surface area (Å²) in [6.45, 7) is 1.78. The van der Waals surface area contributed by atoms with E-state index in [1.165, 1.54) is 13.2 Å². The third-order valence-corrected chi connectivity index (χ3v) is 4.84. The molecule has 1 aliphatic rings. The highest BCUT2D eigenvalue weighted by Gasteiger charge is 2.29. The highest BCUT2D eigenvalue weighted by Crippen LogP contribution is 2.28. The van der Waals surface area contributed by atoms with Crippen LogP contribution in [-0.4, -0.2) is 37.0 Å². The van der Waals surface area contributed by atoms with E-state index < -0.39 is 5.97 Å². The Morgan fingerprint density at radius 2 is 1.81 bits per heavy atom. The molecule has 0 aliphatic carbocycles. The summed E-state index contributed by atoms with van der Waals surface area (Å²) < 4.78 is 4.73. The fourth-order valence-corrected chi connectivity index (χ4v) is 3.44. The van der Waals surface area contributed by atoms with Gasteiger partial charge in [-0.1, -0.05) is 41.9 Å². The lowest BCUT2D eigenvalue weighted by Gasteiger charge is -2.27. The van der Waals surface area contributed by atoms with E-state index in [9.17, 15) is 9.59 Å². The Balaban J connectivity index is 1.85. The third kappa shape index (κ3) is 4.06. The number of nitrogens with zero attached hydrogens (tertiary/aromatic N) is 1. The number of rotatable bonds is 5. The van der Waals surface area contributed by atoms with Gasteiger partial charge in [-0.2, -0.15) is 0 Å². The van der Waals surface area contributed by atoms with Gasteiger partial charge in [0.05, 0.1) is 17.7 Å². The topological polar surface area (TPSA) is 58.6 Å². The molecule has 0 radical (unpaired) electrons. The van der Waals surface area contributed by atoms with Gasteiger partial charge in [-0.25, -0.2) is 4.79 Å². The molecule has 0 saturated carbocycles. The minimum atomic E-state index is -0.537. The number of halogens is 1. The van der Waals surface area contributed by atoms with Crippen LogP contribution in [0.3, 0.4) is 0 Å². The van der Waals surface area contributed by atoms with E-state index >= 15 is 0 Å². The second kappa shape index (κ2) is 8.34. The number of carbonyl (C=O) groups excluding carboxylic acids is 2. The number of amides is 1. The molecule has 1 saturated heterocycles. The van der Waals surface area contributed by atoms with Gasteiger partial charge in [-0.05, 0) is 49.7 Å². The van der Waals surface area contributed by atoms with Crippen molar-refractivity contribution in [2.24, 2.45) is 0 Å². The summed E-state index contributed by atoms with van der Waals surface area (Å²) in [5.74, 6) is -0.665. The Bertz CT molecular complexity index is 789. The zero-order chi connectivity index (χ0) is 18.5. The Hall–Kier alpha value is -2.37. The van der Waals surface area contributed by atoms with Gasteiger partial charge in [-0.3, -0.25) is 9.69 Å². The van der Waals surface area contributed by atoms with Gasteiger partial charge in [-0.15, -0.1) is 0 Å². The van der Waals surface area contributed by atoms with E-state index in [1.807, 2.05) is 30.3 Å². The fraction of sp³-hybridized carbons (Fsp3) is 0.300. The number of hydrogen-bond acceptors (Lipinski definition) is 4. The Morgan fingerprint density at radius 3 is 2.46 bits per heavy atom. The number of anilines is 1. The molecule has 5 nitrogen and oxygen atoms in total. The van der Waals surface area contributed by atoms with E-state index in [0.717, 1.165) is 31.5 Å². The summed E-state index contributed by atoms with van der Waals surface area (Å²) in [5.41, 5.74) is 1.69. The molecule has 1 N–H and O–H groups in total. The minimum absolute atomic E-state index is 0.128. The predicted octanol–water partition coefficient (Wildman–Crippen LogP) is 3.90. The molecule has 1 atom stereocenters. The third-order valence-electron chi connectivity index (χ3n) is 4.51. The summed E-state index contributed by atoms with van der Waals surface area (Å²) >= 11 is 6.05. The first-order valence-electron chi connectivity index (χ1n) is 8.58. The lowest BCUT2D eigenvalue weighted by atomic mass is 10.0. The molecule has 0 aromatic heterocycles. The smallest absolute Gasteiger partial charge is 0.339 e. The largest absolute Gasteiger partial charge is 0.465 e. The van der Waals surface area contributed by atoms with Gasteiger partial charge in [0, 0.05) is 5.69 Å². The van der Waals surface area contributed by atoms with Crippen LogP contribution in [0.2, 0.25) is 5.02 Å². The zero-order valence-electron chi connectivity index (χ0n) is 14.6. The van der Waals surface area contributed by atoms with Crippen LogP contribution < -0.4 is 5.32 Å². The molecule has 1 heterocycles. The number of nitrogens with one attached hydrogen (secondary N) is 1. The molecule has 136 valence electrons. The van der Waals surface area contributed by atoms with Crippen molar-refractivity contribution < 1.29 is 14.3 Å². The Kier molecular flexibility index (Phi) is 5.91. The average molecular weight is 373 g/mol. The van der Waals surface area contributed by atoms with Crippen molar-refractivity contribution in [3.63, 3.8) is 0 Å². The van der Waals surface area contributed by atoms with Crippen molar-refractivity contribution in [3.05, 3.63) is 64.7 Å². The molecule has 26 heavy (non-hydrogen) atoms. The molecule has 2 aromatic rings. The Labute approximate surface area is 157 Å². The van der Waals surface area contributed by atoms with E-state index in [0.29, 0.717) is 5.69 Å². The standard InChI is InChI=1S/C20H21ClN2O3/c1-26-20(25)16-13-15(9-10-17(16)21)22-19(24)18(23-11-5-6-12-23)14-7-3-2-4-8-14/h2-4,7-10,13,18H,5-6,11-12H2,1H3,(H,22,24). The van der Waals surface area contributed by atoms with Crippen LogP contribution in [0.25, 0.3) is 0 Å². The molecular formula is C20H21ClN2O3. The van der Waals surface area contributed by atoms with Crippen molar-refractivity contribution in [2.45, 2.75) is 18.9 Å². The van der Waals surface area contributed by atoms with Crippen LogP contribution in [0, 0.1) is 0 Å². The summed E-state index contributed by atoms with van der Waals surface area (Å²) in [4.78, 5) is 27.0. The number of carbonyl (C=O) groups is 2. The predicted molar refractivity (Wildman–Crippen MR) is 101 cm³/mol. The highest BCUT2D eigenvalue weighted by atomic mass is 35.5. The van der Waals surface area contributed by atoms with E-state index in [2.05, 4.69) is 10.2 Å². The number of ether oxygens (including phenoxy) is 1. The number of esters is 1. The first-order chi connectivity index (χ1) is 12.6. The van der Waals surface area contributed by atoms with Crippen molar-refractivity contribution in [2.75, 3.05) is 25.5 Å². The monoisotopic (exact) mass is 372 g/mol. The summed E-state index contributed by atoms with van der Waals surface area (Å²) in [6, 6.07) is 14.2. The van der Waals surface area contributed by atoms with Gasteiger partial charge in [0.2, 0.25) is 5.91 Å². The molecule has 2 aromatic carbocycles. The second-order valence-electron chi connectivity index (χ2n) is 6.23. The maximum Gasteiger partial charge on any atom is 0.339 e. The van der Waals surface area contributed by atoms with Crippen LogP contribution in [-0.2, 0) is 9.53 Å². The number of methoxy groups -OCH3 is 1. The second-order valence-corrected chi connectivity index (χ2v) is 6.64. The van der Waals surface area contributed by atoms with Crippen LogP contribution in [0.4, 0.5) is 5.69 Å². The summed E-state index contributed by atoms with van der Waals surface area (Å²) in [6.07, 6.45) is 2.17. The van der Waals surface area contributed by atoms with Crippen molar-refractivity contribution in [3.8, 4) is 0 Å². The van der Waals surface area contributed by atoms with Crippen molar-refractivity contribution >= 4 is 29.2 Å². The maximum atomic E-state index is 13.0. The normalized spacial score (nSPS) is 15.5. The SMILES string of the molecule is COC(=O)c1cc(NC(=O)C(c2ccccc2)N2CCCC2)ccc1Cl. The molecule has 1 aliphatic heterocycles. The van der Waals surface area contributed by atoms with Gasteiger partial charge in [0.15, 0.2) is 0 Å². The maximum absolute atomic E-state index is 13.0. The molecule has 6 heteroatoms. The lowest BCUT2D eigenvalue weighted by Crippen LogP contribution is -2.35.